The predicted molar refractivity (Wildman–Crippen MR) is 61.1 cm³/mol. The van der Waals surface area contributed by atoms with Gasteiger partial charge < -0.3 is 4.52 Å². The highest BCUT2D eigenvalue weighted by Crippen LogP contribution is 2.54. The molecule has 0 radical (unpaired) electrons. The van der Waals surface area contributed by atoms with Gasteiger partial charge in [0.05, 0.1) is 6.61 Å². The molecule has 0 atom stereocenters. The van der Waals surface area contributed by atoms with Gasteiger partial charge in [0, 0.05) is 12.3 Å². The minimum Gasteiger partial charge on any atom is -0.328 e. The molecule has 0 amide bonds. The quantitative estimate of drug-likeness (QED) is 0.529. The van der Waals surface area contributed by atoms with Crippen molar-refractivity contribution in [3.05, 3.63) is 11.1 Å². The fourth-order valence-corrected chi connectivity index (χ4v) is 4.31. The smallest absolute Gasteiger partial charge is 0.211 e. The van der Waals surface area contributed by atoms with E-state index in [0.29, 0.717) is 24.8 Å². The fraction of sp³-hybridized carbons (Fsp3) is 0.818. The van der Waals surface area contributed by atoms with Gasteiger partial charge in [0.25, 0.3) is 0 Å². The molecule has 0 fully saturated rings. The summed E-state index contributed by atoms with van der Waals surface area (Å²) in [4.78, 5) is 0. The Balaban J connectivity index is 2.37. The average Bonchev–Trinajstić information content (AvgIpc) is 2.25. The van der Waals surface area contributed by atoms with E-state index in [1.54, 1.807) is 0 Å². The second-order valence-corrected chi connectivity index (χ2v) is 7.23. The summed E-state index contributed by atoms with van der Waals surface area (Å²) in [6.45, 7) is 9.07. The van der Waals surface area contributed by atoms with Crippen molar-refractivity contribution in [3.63, 3.8) is 0 Å². The minimum absolute atomic E-state index is 0.624. The molecule has 0 saturated carbocycles. The summed E-state index contributed by atoms with van der Waals surface area (Å²) in [7, 11) is -2.31. The van der Waals surface area contributed by atoms with Gasteiger partial charge >= 0.3 is 0 Å². The number of rotatable bonds is 4. The monoisotopic (exact) mass is 216 g/mol. The summed E-state index contributed by atoms with van der Waals surface area (Å²) in [5.74, 6) is 0.624. The van der Waals surface area contributed by atoms with Crippen LogP contribution in [0.1, 0.15) is 34.1 Å². The van der Waals surface area contributed by atoms with Crippen LogP contribution in [0, 0.1) is 5.92 Å². The van der Waals surface area contributed by atoms with Crippen LogP contribution < -0.4 is 0 Å². The van der Waals surface area contributed by atoms with Gasteiger partial charge in [-0.1, -0.05) is 25.0 Å². The van der Waals surface area contributed by atoms with Gasteiger partial charge in [-0.25, -0.2) is 0 Å². The molecule has 1 aliphatic heterocycles. The minimum atomic E-state index is -2.31. The van der Waals surface area contributed by atoms with E-state index in [2.05, 4.69) is 27.7 Å². The van der Waals surface area contributed by atoms with E-state index in [0.717, 1.165) is 6.42 Å². The van der Waals surface area contributed by atoms with Crippen LogP contribution in [0.25, 0.3) is 0 Å². The van der Waals surface area contributed by atoms with Gasteiger partial charge in [-0.15, -0.1) is 0 Å². The standard InChI is InChI=1S/C11H21O2P/c1-9(2)5-6-13-14(12)7-10(3)11(4)8-14/h9H,5-8H2,1-4H3. The summed E-state index contributed by atoms with van der Waals surface area (Å²) in [6, 6.07) is 0. The van der Waals surface area contributed by atoms with Crippen LogP contribution in [0.15, 0.2) is 11.1 Å². The number of allylic oxidation sites excluding steroid dienone is 2. The van der Waals surface area contributed by atoms with Crippen molar-refractivity contribution in [1.82, 2.24) is 0 Å². The maximum atomic E-state index is 12.2. The average molecular weight is 216 g/mol. The van der Waals surface area contributed by atoms with Crippen LogP contribution in [0.2, 0.25) is 0 Å². The Morgan fingerprint density at radius 2 is 1.79 bits per heavy atom. The van der Waals surface area contributed by atoms with Gasteiger partial charge in [-0.05, 0) is 26.2 Å². The Kier molecular flexibility index (Phi) is 3.97. The Hall–Kier alpha value is -0.0700. The van der Waals surface area contributed by atoms with Crippen LogP contribution in [-0.4, -0.2) is 18.9 Å². The van der Waals surface area contributed by atoms with Crippen LogP contribution >= 0.6 is 7.37 Å². The third kappa shape index (κ3) is 3.25. The molecule has 3 heteroatoms. The molecule has 1 aliphatic rings. The molecule has 1 rings (SSSR count). The van der Waals surface area contributed by atoms with E-state index in [1.807, 2.05) is 0 Å². The van der Waals surface area contributed by atoms with E-state index >= 15 is 0 Å². The number of hydrogen-bond acceptors (Lipinski definition) is 2. The largest absolute Gasteiger partial charge is 0.328 e. The van der Waals surface area contributed by atoms with Crippen LogP contribution in [0.5, 0.6) is 0 Å². The molecule has 0 N–H and O–H groups in total. The molecule has 0 aromatic rings. The molecule has 0 bridgehead atoms. The first-order valence-corrected chi connectivity index (χ1v) is 7.30. The highest BCUT2D eigenvalue weighted by Gasteiger charge is 2.30. The van der Waals surface area contributed by atoms with Gasteiger partial charge in [0.15, 0.2) is 0 Å². The Morgan fingerprint density at radius 1 is 1.29 bits per heavy atom. The zero-order chi connectivity index (χ0) is 10.8. The van der Waals surface area contributed by atoms with Crippen molar-refractivity contribution >= 4 is 7.37 Å². The maximum absolute atomic E-state index is 12.2. The summed E-state index contributed by atoms with van der Waals surface area (Å²) in [5, 5.41) is 0. The summed E-state index contributed by atoms with van der Waals surface area (Å²) in [6.07, 6.45) is 2.36. The SMILES string of the molecule is CC1=C(C)CP(=O)(OCCC(C)C)C1. The lowest BCUT2D eigenvalue weighted by atomic mass is 10.2. The highest BCUT2D eigenvalue weighted by atomic mass is 31.2. The maximum Gasteiger partial charge on any atom is 0.211 e. The lowest BCUT2D eigenvalue weighted by Gasteiger charge is -2.13. The van der Waals surface area contributed by atoms with E-state index < -0.39 is 7.37 Å². The Labute approximate surface area is 87.2 Å². The summed E-state index contributed by atoms with van der Waals surface area (Å²) < 4.78 is 17.7. The fourth-order valence-electron chi connectivity index (χ4n) is 1.59. The molecule has 0 aromatic carbocycles. The first-order chi connectivity index (χ1) is 6.43. The van der Waals surface area contributed by atoms with Crippen LogP contribution in [-0.2, 0) is 9.09 Å². The lowest BCUT2D eigenvalue weighted by Crippen LogP contribution is -1.99. The topological polar surface area (TPSA) is 26.3 Å². The second kappa shape index (κ2) is 4.63. The van der Waals surface area contributed by atoms with E-state index in [9.17, 15) is 4.57 Å². The Morgan fingerprint density at radius 3 is 2.21 bits per heavy atom. The molecule has 2 nitrogen and oxygen atoms in total. The molecule has 0 aromatic heterocycles. The molecule has 0 saturated heterocycles. The van der Waals surface area contributed by atoms with E-state index in [4.69, 9.17) is 4.52 Å². The molecular formula is C11H21O2P. The second-order valence-electron chi connectivity index (χ2n) is 4.71. The van der Waals surface area contributed by atoms with Gasteiger partial charge in [0.2, 0.25) is 7.37 Å². The van der Waals surface area contributed by atoms with Crippen LogP contribution in [0.3, 0.4) is 0 Å². The third-order valence-electron chi connectivity index (χ3n) is 2.71. The van der Waals surface area contributed by atoms with Gasteiger partial charge in [-0.2, -0.15) is 0 Å². The molecule has 14 heavy (non-hydrogen) atoms. The van der Waals surface area contributed by atoms with Crippen molar-refractivity contribution in [2.24, 2.45) is 5.92 Å². The molecular weight excluding hydrogens is 195 g/mol. The zero-order valence-corrected chi connectivity index (χ0v) is 10.6. The summed E-state index contributed by atoms with van der Waals surface area (Å²) >= 11 is 0. The van der Waals surface area contributed by atoms with Crippen molar-refractivity contribution < 1.29 is 9.09 Å². The summed E-state index contributed by atoms with van der Waals surface area (Å²) in [5.41, 5.74) is 2.52. The van der Waals surface area contributed by atoms with Crippen molar-refractivity contribution in [2.45, 2.75) is 34.1 Å². The van der Waals surface area contributed by atoms with Crippen LogP contribution in [0.4, 0.5) is 0 Å². The predicted octanol–water partition coefficient (Wildman–Crippen LogP) is 3.68. The molecule has 0 aliphatic carbocycles. The molecule has 0 unspecified atom stereocenters. The molecule has 82 valence electrons. The van der Waals surface area contributed by atoms with Crippen molar-refractivity contribution in [1.29, 1.82) is 0 Å². The normalized spacial score (nSPS) is 20.9. The van der Waals surface area contributed by atoms with E-state index in [-0.39, 0.29) is 0 Å². The van der Waals surface area contributed by atoms with Crippen molar-refractivity contribution in [3.8, 4) is 0 Å². The first kappa shape index (κ1) is 12.0. The van der Waals surface area contributed by atoms with E-state index in [1.165, 1.54) is 11.1 Å². The lowest BCUT2D eigenvalue weighted by molar-refractivity contribution is 0.291. The van der Waals surface area contributed by atoms with Gasteiger partial charge in [-0.3, -0.25) is 4.57 Å². The Bertz CT molecular complexity index is 261. The third-order valence-corrected chi connectivity index (χ3v) is 5.27. The van der Waals surface area contributed by atoms with Gasteiger partial charge in [0.1, 0.15) is 0 Å². The number of hydrogen-bond donors (Lipinski definition) is 0. The highest BCUT2D eigenvalue weighted by molar-refractivity contribution is 7.59. The molecule has 0 spiro atoms. The zero-order valence-electron chi connectivity index (χ0n) is 9.67. The molecule has 1 heterocycles. The first-order valence-electron chi connectivity index (χ1n) is 5.31. The van der Waals surface area contributed by atoms with Crippen molar-refractivity contribution in [2.75, 3.05) is 18.9 Å².